The Balaban J connectivity index is 1.49. The van der Waals surface area contributed by atoms with E-state index in [0.29, 0.717) is 56.5 Å². The predicted octanol–water partition coefficient (Wildman–Crippen LogP) is 4.51. The first-order valence-electron chi connectivity index (χ1n) is 10.9. The Hall–Kier alpha value is -4.66. The maximum absolute atomic E-state index is 13.1. The molecule has 1 N–H and O–H groups in total. The summed E-state index contributed by atoms with van der Waals surface area (Å²) >= 11 is 0. The SMILES string of the molecule is COc1cc(NC(=O)COc2ccc3c(=O)c(-c4ccc(OC)c(OC)c4)coc3c2)cc(OC)c1. The largest absolute Gasteiger partial charge is 0.497 e. The lowest BCUT2D eigenvalue weighted by molar-refractivity contribution is -0.118. The summed E-state index contributed by atoms with van der Waals surface area (Å²) in [6, 6.07) is 15.0. The van der Waals surface area contributed by atoms with Crippen molar-refractivity contribution < 1.29 is 32.9 Å². The summed E-state index contributed by atoms with van der Waals surface area (Å²) in [4.78, 5) is 25.5. The molecule has 1 aromatic heterocycles. The number of anilines is 1. The van der Waals surface area contributed by atoms with Gasteiger partial charge >= 0.3 is 0 Å². The quantitative estimate of drug-likeness (QED) is 0.365. The highest BCUT2D eigenvalue weighted by atomic mass is 16.5. The molecule has 9 heteroatoms. The van der Waals surface area contributed by atoms with Crippen LogP contribution in [0.4, 0.5) is 5.69 Å². The Morgan fingerprint density at radius 2 is 1.53 bits per heavy atom. The van der Waals surface area contributed by atoms with E-state index in [1.54, 1.807) is 61.7 Å². The molecule has 0 aliphatic carbocycles. The second kappa shape index (κ2) is 10.7. The van der Waals surface area contributed by atoms with Crippen molar-refractivity contribution in [3.8, 4) is 39.9 Å². The summed E-state index contributed by atoms with van der Waals surface area (Å²) in [6.07, 6.45) is 1.39. The molecule has 9 nitrogen and oxygen atoms in total. The highest BCUT2D eigenvalue weighted by Crippen LogP contribution is 2.32. The van der Waals surface area contributed by atoms with E-state index in [1.165, 1.54) is 27.6 Å². The fraction of sp³-hybridized carbons (Fsp3) is 0.185. The molecule has 0 saturated heterocycles. The lowest BCUT2D eigenvalue weighted by atomic mass is 10.0. The zero-order valence-electron chi connectivity index (χ0n) is 20.2. The minimum atomic E-state index is -0.379. The first-order valence-corrected chi connectivity index (χ1v) is 10.9. The normalized spacial score (nSPS) is 10.6. The van der Waals surface area contributed by atoms with Gasteiger partial charge in [0.15, 0.2) is 23.5 Å². The molecule has 4 rings (SSSR count). The maximum atomic E-state index is 13.1. The van der Waals surface area contributed by atoms with Crippen molar-refractivity contribution in [3.05, 3.63) is 71.1 Å². The number of carbonyl (C=O) groups excluding carboxylic acids is 1. The Kier molecular flexibility index (Phi) is 7.29. The van der Waals surface area contributed by atoms with Crippen LogP contribution in [0.15, 0.2) is 70.1 Å². The van der Waals surface area contributed by atoms with Crippen molar-refractivity contribution in [1.82, 2.24) is 0 Å². The smallest absolute Gasteiger partial charge is 0.262 e. The number of carbonyl (C=O) groups is 1. The number of hydrogen-bond donors (Lipinski definition) is 1. The third kappa shape index (κ3) is 5.20. The number of methoxy groups -OCH3 is 4. The lowest BCUT2D eigenvalue weighted by Crippen LogP contribution is -2.20. The van der Waals surface area contributed by atoms with Gasteiger partial charge in [-0.2, -0.15) is 0 Å². The molecular formula is C27H25NO8. The van der Waals surface area contributed by atoms with Crippen LogP contribution in [0.25, 0.3) is 22.1 Å². The van der Waals surface area contributed by atoms with E-state index in [0.717, 1.165) is 0 Å². The zero-order chi connectivity index (χ0) is 25.7. The van der Waals surface area contributed by atoms with E-state index in [9.17, 15) is 9.59 Å². The van der Waals surface area contributed by atoms with E-state index in [4.69, 9.17) is 28.1 Å². The molecule has 0 bridgehead atoms. The molecular weight excluding hydrogens is 466 g/mol. The number of nitrogens with one attached hydrogen (secondary N) is 1. The average Bonchev–Trinajstić information content (AvgIpc) is 2.91. The minimum Gasteiger partial charge on any atom is -0.497 e. The van der Waals surface area contributed by atoms with E-state index in [2.05, 4.69) is 5.32 Å². The molecule has 0 aliphatic heterocycles. The molecule has 0 saturated carbocycles. The van der Waals surface area contributed by atoms with Gasteiger partial charge in [0.1, 0.15) is 29.1 Å². The summed E-state index contributed by atoms with van der Waals surface area (Å²) in [5, 5.41) is 3.11. The van der Waals surface area contributed by atoms with Crippen LogP contribution in [-0.2, 0) is 4.79 Å². The number of rotatable bonds is 9. The zero-order valence-corrected chi connectivity index (χ0v) is 20.2. The van der Waals surface area contributed by atoms with Gasteiger partial charge in [0, 0.05) is 30.0 Å². The third-order valence-corrected chi connectivity index (χ3v) is 5.45. The van der Waals surface area contributed by atoms with Crippen LogP contribution in [0.1, 0.15) is 0 Å². The summed E-state index contributed by atoms with van der Waals surface area (Å²) in [7, 11) is 6.12. The summed E-state index contributed by atoms with van der Waals surface area (Å²) < 4.78 is 32.3. The molecule has 4 aromatic rings. The van der Waals surface area contributed by atoms with Gasteiger partial charge in [0.25, 0.3) is 5.91 Å². The maximum Gasteiger partial charge on any atom is 0.262 e. The Morgan fingerprint density at radius 3 is 2.19 bits per heavy atom. The van der Waals surface area contributed by atoms with Crippen LogP contribution in [-0.4, -0.2) is 41.0 Å². The Bertz CT molecular complexity index is 1440. The average molecular weight is 491 g/mol. The first kappa shape index (κ1) is 24.5. The standard InChI is InChI=1S/C27H25NO8/c1-31-19-10-17(11-20(12-19)32-2)28-26(29)15-35-18-6-7-21-24(13-18)36-14-22(27(21)30)16-5-8-23(33-3)25(9-16)34-4/h5-14H,15H2,1-4H3,(H,28,29). The predicted molar refractivity (Wildman–Crippen MR) is 135 cm³/mol. The topological polar surface area (TPSA) is 105 Å². The van der Waals surface area contributed by atoms with E-state index in [-0.39, 0.29) is 17.9 Å². The van der Waals surface area contributed by atoms with Crippen LogP contribution < -0.4 is 34.4 Å². The van der Waals surface area contributed by atoms with Crippen molar-refractivity contribution in [2.24, 2.45) is 0 Å². The monoisotopic (exact) mass is 491 g/mol. The van der Waals surface area contributed by atoms with Crippen molar-refractivity contribution in [3.63, 3.8) is 0 Å². The third-order valence-electron chi connectivity index (χ3n) is 5.45. The molecule has 0 radical (unpaired) electrons. The number of hydrogen-bond acceptors (Lipinski definition) is 8. The summed E-state index contributed by atoms with van der Waals surface area (Å²) in [6.45, 7) is -0.251. The van der Waals surface area contributed by atoms with Crippen molar-refractivity contribution in [1.29, 1.82) is 0 Å². The molecule has 0 unspecified atom stereocenters. The second-order valence-corrected chi connectivity index (χ2v) is 7.64. The summed E-state index contributed by atoms with van der Waals surface area (Å²) in [5.74, 6) is 2.15. The van der Waals surface area contributed by atoms with Gasteiger partial charge in [0.05, 0.1) is 39.4 Å². The van der Waals surface area contributed by atoms with Gasteiger partial charge in [-0.05, 0) is 29.8 Å². The van der Waals surface area contributed by atoms with Gasteiger partial charge in [0.2, 0.25) is 0 Å². The molecule has 0 fully saturated rings. The molecule has 0 aliphatic rings. The number of amides is 1. The lowest BCUT2D eigenvalue weighted by Gasteiger charge is -2.11. The first-order chi connectivity index (χ1) is 17.4. The highest BCUT2D eigenvalue weighted by molar-refractivity contribution is 5.92. The van der Waals surface area contributed by atoms with Gasteiger partial charge in [-0.3, -0.25) is 9.59 Å². The van der Waals surface area contributed by atoms with Crippen molar-refractivity contribution in [2.75, 3.05) is 40.4 Å². The van der Waals surface area contributed by atoms with Gasteiger partial charge < -0.3 is 33.4 Å². The van der Waals surface area contributed by atoms with Crippen LogP contribution in [0, 0.1) is 0 Å². The van der Waals surface area contributed by atoms with Crippen molar-refractivity contribution in [2.45, 2.75) is 0 Å². The van der Waals surface area contributed by atoms with Gasteiger partial charge in [-0.1, -0.05) is 6.07 Å². The van der Waals surface area contributed by atoms with Gasteiger partial charge in [-0.15, -0.1) is 0 Å². The molecule has 1 amide bonds. The highest BCUT2D eigenvalue weighted by Gasteiger charge is 2.14. The van der Waals surface area contributed by atoms with E-state index in [1.807, 2.05) is 0 Å². The molecule has 0 atom stereocenters. The van der Waals surface area contributed by atoms with Crippen LogP contribution >= 0.6 is 0 Å². The van der Waals surface area contributed by atoms with E-state index < -0.39 is 0 Å². The minimum absolute atomic E-state index is 0.209. The fourth-order valence-corrected chi connectivity index (χ4v) is 3.63. The number of benzene rings is 3. The Labute approximate surface area is 207 Å². The summed E-state index contributed by atoms with van der Waals surface area (Å²) in [5.41, 5.74) is 1.64. The molecule has 186 valence electrons. The van der Waals surface area contributed by atoms with Crippen molar-refractivity contribution >= 4 is 22.6 Å². The molecule has 3 aromatic carbocycles. The fourth-order valence-electron chi connectivity index (χ4n) is 3.63. The molecule has 0 spiro atoms. The Morgan fingerprint density at radius 1 is 0.806 bits per heavy atom. The van der Waals surface area contributed by atoms with Crippen LogP contribution in [0.5, 0.6) is 28.7 Å². The van der Waals surface area contributed by atoms with E-state index >= 15 is 0 Å². The number of fused-ring (bicyclic) bond motifs is 1. The number of ether oxygens (including phenoxy) is 5. The van der Waals surface area contributed by atoms with Crippen LogP contribution in [0.3, 0.4) is 0 Å². The molecule has 1 heterocycles. The second-order valence-electron chi connectivity index (χ2n) is 7.64. The van der Waals surface area contributed by atoms with Gasteiger partial charge in [-0.25, -0.2) is 0 Å². The molecule has 36 heavy (non-hydrogen) atoms. The van der Waals surface area contributed by atoms with Crippen LogP contribution in [0.2, 0.25) is 0 Å².